The molecule has 28 heavy (non-hydrogen) atoms. The summed E-state index contributed by atoms with van der Waals surface area (Å²) in [4.78, 5) is 10.1. The van der Waals surface area contributed by atoms with E-state index in [2.05, 4.69) is 70.5 Å². The topological polar surface area (TPSA) is 50.9 Å². The van der Waals surface area contributed by atoms with Crippen LogP contribution in [0.4, 0.5) is 0 Å². The molecule has 0 fully saturated rings. The van der Waals surface area contributed by atoms with Gasteiger partial charge in [0.05, 0.1) is 29.4 Å². The van der Waals surface area contributed by atoms with Crippen molar-refractivity contribution in [2.75, 3.05) is 6.61 Å². The molecule has 0 unspecified atom stereocenters. The first-order valence-electron chi connectivity index (χ1n) is 10.6. The number of nitrogens with zero attached hydrogens (tertiary/aromatic N) is 3. The van der Waals surface area contributed by atoms with E-state index in [1.807, 2.05) is 0 Å². The van der Waals surface area contributed by atoms with Gasteiger partial charge in [-0.2, -0.15) is 0 Å². The minimum Gasteiger partial charge on any atom is -0.394 e. The van der Waals surface area contributed by atoms with Crippen molar-refractivity contribution in [1.82, 2.24) is 14.5 Å². The van der Waals surface area contributed by atoms with Gasteiger partial charge in [-0.1, -0.05) is 34.6 Å². The van der Waals surface area contributed by atoms with E-state index < -0.39 is 0 Å². The van der Waals surface area contributed by atoms with Gasteiger partial charge in [0, 0.05) is 23.1 Å². The van der Waals surface area contributed by atoms with Crippen LogP contribution in [0.25, 0.3) is 22.3 Å². The summed E-state index contributed by atoms with van der Waals surface area (Å²) in [6.07, 6.45) is 4.82. The zero-order valence-corrected chi connectivity index (χ0v) is 18.1. The van der Waals surface area contributed by atoms with Crippen molar-refractivity contribution in [3.05, 3.63) is 46.9 Å². The molecular formula is C24H33N3O. The number of pyridine rings is 2. The maximum absolute atomic E-state index is 9.80. The highest BCUT2D eigenvalue weighted by atomic mass is 16.3. The summed E-state index contributed by atoms with van der Waals surface area (Å²) in [5.74, 6) is 0.418. The Morgan fingerprint density at radius 2 is 1.82 bits per heavy atom. The molecule has 0 amide bonds. The third kappa shape index (κ3) is 3.58. The minimum atomic E-state index is 0.0896. The molecule has 0 saturated carbocycles. The standard InChI is InChI=1S/C24H33N3O/c1-7-17-12-22-23(16(6)13-27(22)18(8-2)14-28)26-24(17)19-10-11-21(15(4)5)25-20(19)9-3/h10-13,15,18,28H,7-9,14H2,1-6H3/t18-/m0/s1. The third-order valence-corrected chi connectivity index (χ3v) is 5.70. The van der Waals surface area contributed by atoms with E-state index in [1.54, 1.807) is 0 Å². The molecule has 0 spiro atoms. The SMILES string of the molecule is CCc1cc2c(nc1-c1ccc(C(C)C)nc1CC)c(C)cn2[C@@H](CC)CO. The molecule has 4 nitrogen and oxygen atoms in total. The van der Waals surface area contributed by atoms with Crippen LogP contribution in [-0.2, 0) is 12.8 Å². The highest BCUT2D eigenvalue weighted by Crippen LogP contribution is 2.32. The van der Waals surface area contributed by atoms with Crippen molar-refractivity contribution in [1.29, 1.82) is 0 Å². The number of hydrogen-bond donors (Lipinski definition) is 1. The molecule has 0 saturated heterocycles. The Bertz CT molecular complexity index is 968. The van der Waals surface area contributed by atoms with Gasteiger partial charge in [0.25, 0.3) is 0 Å². The van der Waals surface area contributed by atoms with Crippen LogP contribution in [0, 0.1) is 6.92 Å². The predicted octanol–water partition coefficient (Wildman–Crippen LogP) is 5.60. The second-order valence-electron chi connectivity index (χ2n) is 7.92. The fourth-order valence-corrected chi connectivity index (χ4v) is 3.91. The van der Waals surface area contributed by atoms with Crippen molar-refractivity contribution in [3.8, 4) is 11.3 Å². The van der Waals surface area contributed by atoms with Gasteiger partial charge in [0.1, 0.15) is 0 Å². The lowest BCUT2D eigenvalue weighted by Crippen LogP contribution is -2.11. The normalized spacial score (nSPS) is 12.9. The van der Waals surface area contributed by atoms with E-state index in [1.165, 1.54) is 5.56 Å². The third-order valence-electron chi connectivity index (χ3n) is 5.70. The second kappa shape index (κ2) is 8.44. The average Bonchev–Trinajstić information content (AvgIpc) is 3.03. The minimum absolute atomic E-state index is 0.0896. The highest BCUT2D eigenvalue weighted by Gasteiger charge is 2.19. The summed E-state index contributed by atoms with van der Waals surface area (Å²) < 4.78 is 2.20. The molecule has 3 rings (SSSR count). The zero-order chi connectivity index (χ0) is 20.4. The van der Waals surface area contributed by atoms with E-state index in [4.69, 9.17) is 9.97 Å². The molecule has 4 heteroatoms. The van der Waals surface area contributed by atoms with Crippen LogP contribution in [0.5, 0.6) is 0 Å². The summed E-state index contributed by atoms with van der Waals surface area (Å²) >= 11 is 0. The summed E-state index contributed by atoms with van der Waals surface area (Å²) in [7, 11) is 0. The summed E-state index contributed by atoms with van der Waals surface area (Å²) in [6, 6.07) is 6.69. The number of hydrogen-bond acceptors (Lipinski definition) is 3. The molecule has 0 aliphatic carbocycles. The van der Waals surface area contributed by atoms with Gasteiger partial charge >= 0.3 is 0 Å². The maximum atomic E-state index is 9.80. The van der Waals surface area contributed by atoms with Crippen molar-refractivity contribution in [2.24, 2.45) is 0 Å². The Kier molecular flexibility index (Phi) is 6.19. The van der Waals surface area contributed by atoms with Crippen molar-refractivity contribution < 1.29 is 5.11 Å². The quantitative estimate of drug-likeness (QED) is 0.581. The predicted molar refractivity (Wildman–Crippen MR) is 117 cm³/mol. The molecule has 3 aromatic heterocycles. The first-order chi connectivity index (χ1) is 13.4. The second-order valence-corrected chi connectivity index (χ2v) is 7.92. The number of fused-ring (bicyclic) bond motifs is 1. The smallest absolute Gasteiger partial charge is 0.0917 e. The van der Waals surface area contributed by atoms with Crippen molar-refractivity contribution in [2.45, 2.75) is 72.8 Å². The Balaban J connectivity index is 2.24. The highest BCUT2D eigenvalue weighted by molar-refractivity contribution is 5.84. The van der Waals surface area contributed by atoms with E-state index in [-0.39, 0.29) is 12.6 Å². The van der Waals surface area contributed by atoms with E-state index in [0.717, 1.165) is 58.5 Å². The average molecular weight is 380 g/mol. The largest absolute Gasteiger partial charge is 0.394 e. The van der Waals surface area contributed by atoms with Gasteiger partial charge in [-0.05, 0) is 61.4 Å². The van der Waals surface area contributed by atoms with Crippen molar-refractivity contribution in [3.63, 3.8) is 0 Å². The summed E-state index contributed by atoms with van der Waals surface area (Å²) in [6.45, 7) is 13.1. The van der Waals surface area contributed by atoms with Crippen LogP contribution >= 0.6 is 0 Å². The van der Waals surface area contributed by atoms with E-state index in [0.29, 0.717) is 5.92 Å². The first-order valence-corrected chi connectivity index (χ1v) is 10.6. The Morgan fingerprint density at radius 3 is 2.39 bits per heavy atom. The lowest BCUT2D eigenvalue weighted by atomic mass is 9.98. The van der Waals surface area contributed by atoms with Gasteiger partial charge < -0.3 is 9.67 Å². The molecule has 3 aromatic rings. The van der Waals surface area contributed by atoms with Crippen molar-refractivity contribution >= 4 is 11.0 Å². The van der Waals surface area contributed by atoms with Gasteiger partial charge in [-0.3, -0.25) is 4.98 Å². The molecule has 3 heterocycles. The number of aliphatic hydroxyl groups excluding tert-OH is 1. The first kappa shape index (κ1) is 20.5. The number of aliphatic hydroxyl groups is 1. The Morgan fingerprint density at radius 1 is 1.07 bits per heavy atom. The monoisotopic (exact) mass is 379 g/mol. The van der Waals surface area contributed by atoms with Gasteiger partial charge in [0.15, 0.2) is 0 Å². The maximum Gasteiger partial charge on any atom is 0.0917 e. The molecule has 0 radical (unpaired) electrons. The molecule has 150 valence electrons. The molecule has 0 aliphatic heterocycles. The van der Waals surface area contributed by atoms with Crippen LogP contribution in [0.1, 0.15) is 75.5 Å². The van der Waals surface area contributed by atoms with Crippen LogP contribution in [-0.4, -0.2) is 26.2 Å². The molecular weight excluding hydrogens is 346 g/mol. The molecule has 1 atom stereocenters. The van der Waals surface area contributed by atoms with Gasteiger partial charge in [-0.15, -0.1) is 0 Å². The lowest BCUT2D eigenvalue weighted by Gasteiger charge is -2.17. The zero-order valence-electron chi connectivity index (χ0n) is 18.1. The molecule has 0 aliphatic rings. The Hall–Kier alpha value is -2.20. The Labute approximate surface area is 168 Å². The number of aryl methyl sites for hydroxylation is 3. The fourth-order valence-electron chi connectivity index (χ4n) is 3.91. The van der Waals surface area contributed by atoms with Crippen LogP contribution < -0.4 is 0 Å². The number of aromatic nitrogens is 3. The van der Waals surface area contributed by atoms with Crippen LogP contribution in [0.2, 0.25) is 0 Å². The van der Waals surface area contributed by atoms with Crippen LogP contribution in [0.3, 0.4) is 0 Å². The molecule has 1 N–H and O–H groups in total. The summed E-state index contributed by atoms with van der Waals surface area (Å²) in [5.41, 5.74) is 8.96. The van der Waals surface area contributed by atoms with Gasteiger partial charge in [-0.25, -0.2) is 4.98 Å². The fraction of sp³-hybridized carbons (Fsp3) is 0.500. The van der Waals surface area contributed by atoms with Crippen LogP contribution in [0.15, 0.2) is 24.4 Å². The molecule has 0 bridgehead atoms. The lowest BCUT2D eigenvalue weighted by molar-refractivity contribution is 0.227. The van der Waals surface area contributed by atoms with Gasteiger partial charge in [0.2, 0.25) is 0 Å². The van der Waals surface area contributed by atoms with E-state index in [9.17, 15) is 5.11 Å². The number of rotatable bonds is 7. The molecule has 0 aromatic carbocycles. The summed E-state index contributed by atoms with van der Waals surface area (Å²) in [5, 5.41) is 9.80. The van der Waals surface area contributed by atoms with E-state index >= 15 is 0 Å².